The van der Waals surface area contributed by atoms with Crippen LogP contribution in [-0.4, -0.2) is 30.0 Å². The van der Waals surface area contributed by atoms with Crippen molar-refractivity contribution in [2.24, 2.45) is 0 Å². The van der Waals surface area contributed by atoms with E-state index < -0.39 is 15.9 Å². The summed E-state index contributed by atoms with van der Waals surface area (Å²) in [4.78, 5) is 4.21. The average Bonchev–Trinajstić information content (AvgIpc) is 2.28. The fraction of sp³-hybridized carbons (Fsp3) is 0.615. The largest absolute Gasteiger partial charge is 0.387 e. The molecule has 1 unspecified atom stereocenters. The van der Waals surface area contributed by atoms with Gasteiger partial charge in [-0.05, 0) is 37.8 Å². The highest BCUT2D eigenvalue weighted by atomic mass is 32.2. The zero-order valence-corrected chi connectivity index (χ0v) is 12.0. The molecule has 18 heavy (non-hydrogen) atoms. The minimum atomic E-state index is -2.95. The smallest absolute Gasteiger partial charge is 0.150 e. The van der Waals surface area contributed by atoms with Gasteiger partial charge in [-0.3, -0.25) is 4.98 Å². The first kappa shape index (κ1) is 15.1. The number of aliphatic hydroxyl groups excluding tert-OH is 1. The topological polar surface area (TPSA) is 67.3 Å². The van der Waals surface area contributed by atoms with Gasteiger partial charge in [0.05, 0.1) is 17.6 Å². The Balaban J connectivity index is 2.58. The van der Waals surface area contributed by atoms with Gasteiger partial charge in [0.25, 0.3) is 0 Å². The van der Waals surface area contributed by atoms with E-state index in [1.165, 1.54) is 0 Å². The van der Waals surface area contributed by atoms with E-state index in [0.717, 1.165) is 11.1 Å². The van der Waals surface area contributed by atoms with E-state index in [9.17, 15) is 13.5 Å². The van der Waals surface area contributed by atoms with Crippen LogP contribution < -0.4 is 0 Å². The van der Waals surface area contributed by atoms with Gasteiger partial charge in [0.15, 0.2) is 0 Å². The van der Waals surface area contributed by atoms with Crippen molar-refractivity contribution in [3.63, 3.8) is 0 Å². The first-order valence-corrected chi connectivity index (χ1v) is 7.99. The van der Waals surface area contributed by atoms with Crippen LogP contribution in [0.3, 0.4) is 0 Å². The first-order chi connectivity index (χ1) is 8.35. The predicted molar refractivity (Wildman–Crippen MR) is 72.2 cm³/mol. The van der Waals surface area contributed by atoms with E-state index in [4.69, 9.17) is 0 Å². The van der Waals surface area contributed by atoms with Gasteiger partial charge < -0.3 is 5.11 Å². The fourth-order valence-corrected chi connectivity index (χ4v) is 2.75. The van der Waals surface area contributed by atoms with E-state index in [0.29, 0.717) is 18.5 Å². The summed E-state index contributed by atoms with van der Waals surface area (Å²) in [6, 6.07) is 1.97. The summed E-state index contributed by atoms with van der Waals surface area (Å²) in [5, 5.41) is 10.0. The van der Waals surface area contributed by atoms with E-state index in [-0.39, 0.29) is 11.5 Å². The Morgan fingerprint density at radius 1 is 1.39 bits per heavy atom. The summed E-state index contributed by atoms with van der Waals surface area (Å²) in [5.74, 6) is 0.288. The predicted octanol–water partition coefficient (Wildman–Crippen LogP) is 1.95. The minimum Gasteiger partial charge on any atom is -0.387 e. The molecule has 0 aromatic carbocycles. The van der Waals surface area contributed by atoms with Crippen LogP contribution >= 0.6 is 0 Å². The summed E-state index contributed by atoms with van der Waals surface area (Å²) < 4.78 is 22.7. The Kier molecular flexibility index (Phi) is 5.28. The lowest BCUT2D eigenvalue weighted by Crippen LogP contribution is -2.11. The second-order valence-corrected chi connectivity index (χ2v) is 7.08. The number of pyridine rings is 1. The van der Waals surface area contributed by atoms with Crippen LogP contribution in [0.4, 0.5) is 0 Å². The first-order valence-electron chi connectivity index (χ1n) is 6.17. The highest BCUT2D eigenvalue weighted by Gasteiger charge is 2.14. The van der Waals surface area contributed by atoms with Gasteiger partial charge in [-0.25, -0.2) is 8.42 Å². The Labute approximate surface area is 109 Å². The van der Waals surface area contributed by atoms with Crippen molar-refractivity contribution in [1.29, 1.82) is 0 Å². The minimum absolute atomic E-state index is 0.130. The normalized spacial score (nSPS) is 13.6. The Morgan fingerprint density at radius 2 is 2.06 bits per heavy atom. The molecule has 5 heteroatoms. The molecule has 0 aliphatic carbocycles. The van der Waals surface area contributed by atoms with E-state index >= 15 is 0 Å². The second-order valence-electron chi connectivity index (χ2n) is 4.61. The molecule has 1 aromatic heterocycles. The van der Waals surface area contributed by atoms with Crippen molar-refractivity contribution >= 4 is 9.84 Å². The lowest BCUT2D eigenvalue weighted by atomic mass is 10.1. The average molecular weight is 271 g/mol. The number of hydrogen-bond acceptors (Lipinski definition) is 4. The molecule has 0 fully saturated rings. The molecule has 1 aromatic rings. The van der Waals surface area contributed by atoms with Gasteiger partial charge in [0.1, 0.15) is 9.84 Å². The number of nitrogens with zero attached hydrogens (tertiary/aromatic N) is 1. The highest BCUT2D eigenvalue weighted by molar-refractivity contribution is 7.91. The van der Waals surface area contributed by atoms with Gasteiger partial charge in [0.2, 0.25) is 0 Å². The third kappa shape index (κ3) is 4.38. The number of aryl methyl sites for hydroxylation is 2. The van der Waals surface area contributed by atoms with E-state index in [1.54, 1.807) is 13.1 Å². The maximum atomic E-state index is 11.3. The molecule has 0 spiro atoms. The molecular weight excluding hydrogens is 250 g/mol. The van der Waals surface area contributed by atoms with Crippen LogP contribution in [0.25, 0.3) is 0 Å². The Morgan fingerprint density at radius 3 is 2.61 bits per heavy atom. The van der Waals surface area contributed by atoms with Crippen LogP contribution in [0.1, 0.15) is 42.7 Å². The Bertz CT molecular complexity index is 497. The number of aliphatic hydroxyl groups is 1. The van der Waals surface area contributed by atoms with Crippen molar-refractivity contribution < 1.29 is 13.5 Å². The van der Waals surface area contributed by atoms with Crippen LogP contribution in [0.2, 0.25) is 0 Å². The maximum Gasteiger partial charge on any atom is 0.150 e. The second kappa shape index (κ2) is 6.29. The molecular formula is C13H21NO3S. The number of hydrogen-bond donors (Lipinski definition) is 1. The van der Waals surface area contributed by atoms with Crippen LogP contribution in [-0.2, 0) is 9.84 Å². The summed E-state index contributed by atoms with van der Waals surface area (Å²) >= 11 is 0. The van der Waals surface area contributed by atoms with Gasteiger partial charge in [-0.15, -0.1) is 0 Å². The lowest BCUT2D eigenvalue weighted by molar-refractivity contribution is 0.161. The molecule has 0 saturated heterocycles. The molecule has 1 heterocycles. The molecule has 0 saturated carbocycles. The molecule has 1 atom stereocenters. The summed E-state index contributed by atoms with van der Waals surface area (Å²) in [5.41, 5.74) is 2.65. The lowest BCUT2D eigenvalue weighted by Gasteiger charge is -2.12. The van der Waals surface area contributed by atoms with Crippen LogP contribution in [0.5, 0.6) is 0 Å². The number of aromatic nitrogens is 1. The third-order valence-corrected chi connectivity index (χ3v) is 4.73. The van der Waals surface area contributed by atoms with E-state index in [1.807, 2.05) is 19.9 Å². The SMILES string of the molecule is CCS(=O)(=O)CCCC(O)c1ncc(C)cc1C. The maximum absolute atomic E-state index is 11.3. The van der Waals surface area contributed by atoms with Crippen LogP contribution in [0, 0.1) is 13.8 Å². The zero-order chi connectivity index (χ0) is 13.8. The number of sulfone groups is 1. The quantitative estimate of drug-likeness (QED) is 0.858. The fourth-order valence-electron chi connectivity index (χ4n) is 1.85. The summed E-state index contributed by atoms with van der Waals surface area (Å²) in [6.45, 7) is 5.49. The molecule has 0 aliphatic rings. The monoisotopic (exact) mass is 271 g/mol. The molecule has 0 aliphatic heterocycles. The molecule has 0 bridgehead atoms. The molecule has 0 amide bonds. The van der Waals surface area contributed by atoms with Crippen molar-refractivity contribution in [3.05, 3.63) is 29.1 Å². The zero-order valence-electron chi connectivity index (χ0n) is 11.2. The summed E-state index contributed by atoms with van der Waals surface area (Å²) in [6.07, 6.45) is 1.93. The standard InChI is InChI=1S/C13H21NO3S/c1-4-18(16,17)7-5-6-12(15)13-11(3)8-10(2)9-14-13/h8-9,12,15H,4-7H2,1-3H3. The van der Waals surface area contributed by atoms with Crippen molar-refractivity contribution in [2.45, 2.75) is 39.7 Å². The highest BCUT2D eigenvalue weighted by Crippen LogP contribution is 2.20. The van der Waals surface area contributed by atoms with Gasteiger partial charge in [-0.2, -0.15) is 0 Å². The van der Waals surface area contributed by atoms with Crippen molar-refractivity contribution in [1.82, 2.24) is 4.98 Å². The van der Waals surface area contributed by atoms with Crippen molar-refractivity contribution in [2.75, 3.05) is 11.5 Å². The van der Waals surface area contributed by atoms with E-state index in [2.05, 4.69) is 4.98 Å². The molecule has 1 N–H and O–H groups in total. The van der Waals surface area contributed by atoms with Crippen LogP contribution in [0.15, 0.2) is 12.3 Å². The van der Waals surface area contributed by atoms with Gasteiger partial charge in [0, 0.05) is 11.9 Å². The molecule has 102 valence electrons. The number of rotatable bonds is 6. The molecule has 0 radical (unpaired) electrons. The molecule has 1 rings (SSSR count). The summed E-state index contributed by atoms with van der Waals surface area (Å²) in [7, 11) is -2.95. The van der Waals surface area contributed by atoms with Gasteiger partial charge in [-0.1, -0.05) is 13.0 Å². The molecule has 4 nitrogen and oxygen atoms in total. The Hall–Kier alpha value is -0.940. The van der Waals surface area contributed by atoms with Crippen molar-refractivity contribution in [3.8, 4) is 0 Å². The van der Waals surface area contributed by atoms with Gasteiger partial charge >= 0.3 is 0 Å². The third-order valence-electron chi connectivity index (χ3n) is 2.94.